The predicted molar refractivity (Wildman–Crippen MR) is 181 cm³/mol. The molecule has 1 heterocycles. The Morgan fingerprint density at radius 3 is 2.19 bits per heavy atom. The van der Waals surface area contributed by atoms with Crippen molar-refractivity contribution in [3.63, 3.8) is 0 Å². The van der Waals surface area contributed by atoms with Gasteiger partial charge in [0.15, 0.2) is 0 Å². The zero-order valence-corrected chi connectivity index (χ0v) is 28.5. The van der Waals surface area contributed by atoms with E-state index in [2.05, 4.69) is 29.0 Å². The number of benzene rings is 3. The van der Waals surface area contributed by atoms with E-state index in [0.717, 1.165) is 41.5 Å². The monoisotopic (exact) mass is 660 g/mol. The van der Waals surface area contributed by atoms with Gasteiger partial charge < -0.3 is 23.9 Å². The summed E-state index contributed by atoms with van der Waals surface area (Å²) in [7, 11) is 0.529. The van der Waals surface area contributed by atoms with Gasteiger partial charge >= 0.3 is 0 Å². The number of aryl methyl sites for hydroxylation is 2. The molecule has 10 heteroatoms. The molecule has 1 amide bonds. The first kappa shape index (κ1) is 34.1. The molecule has 0 saturated heterocycles. The van der Waals surface area contributed by atoms with Crippen LogP contribution in [0.15, 0.2) is 78.0 Å². The molecule has 2 N–H and O–H groups in total. The van der Waals surface area contributed by atoms with E-state index >= 15 is 0 Å². The molecule has 0 radical (unpaired) electrons. The Morgan fingerprint density at radius 2 is 1.57 bits per heavy atom. The van der Waals surface area contributed by atoms with Crippen molar-refractivity contribution in [2.45, 2.75) is 63.5 Å². The van der Waals surface area contributed by atoms with E-state index in [0.29, 0.717) is 30.4 Å². The largest absolute Gasteiger partial charge is 0.496 e. The normalized spacial score (nSPS) is 14.3. The first-order chi connectivity index (χ1) is 22.5. The molecule has 2 atom stereocenters. The van der Waals surface area contributed by atoms with Crippen LogP contribution in [0.2, 0.25) is 0 Å². The molecule has 47 heavy (non-hydrogen) atoms. The maximum atomic E-state index is 12.9. The summed E-state index contributed by atoms with van der Waals surface area (Å²) in [4.78, 5) is 12.6. The van der Waals surface area contributed by atoms with Crippen LogP contribution in [-0.4, -0.2) is 45.3 Å². The van der Waals surface area contributed by atoms with Crippen molar-refractivity contribution in [3.05, 3.63) is 106 Å². The van der Waals surface area contributed by atoms with Crippen LogP contribution in [0.3, 0.4) is 0 Å². The number of sulfonamides is 1. The highest BCUT2D eigenvalue weighted by Gasteiger charge is 2.30. The molecular weight excluding hydrogens is 616 g/mol. The highest BCUT2D eigenvalue weighted by molar-refractivity contribution is 7.90. The second-order valence-corrected chi connectivity index (χ2v) is 14.1. The van der Waals surface area contributed by atoms with Crippen LogP contribution in [0.5, 0.6) is 17.2 Å². The van der Waals surface area contributed by atoms with E-state index in [-0.39, 0.29) is 23.0 Å². The number of nitrogens with zero attached hydrogens (tertiary/aromatic N) is 1. The Morgan fingerprint density at radius 1 is 0.936 bits per heavy atom. The highest BCUT2D eigenvalue weighted by atomic mass is 32.2. The van der Waals surface area contributed by atoms with Gasteiger partial charge in [0.2, 0.25) is 5.91 Å². The van der Waals surface area contributed by atoms with E-state index in [1.165, 1.54) is 24.3 Å². The molecule has 1 aliphatic carbocycles. The standard InChI is InChI=1S/C37H44N2O7S/c1-24-10-12-35(34(16-24)46-5)47(42,43)38-36(40)13-11-26-14-15-39(22-26)23-31(19-27-17-28-8-6-7-9-29(28)18-27)37(41)30-20-32(44-3)25(2)33(21-30)45-4/h6-10,12,14-16,20-22,27,31,37,41H,11,13,17-19,23H2,1-5H3,(H,38,40)/t31-,37-/m1/s1. The Bertz CT molecular complexity index is 1780. The number of nitrogens with one attached hydrogen (secondary N) is 1. The minimum Gasteiger partial charge on any atom is -0.496 e. The van der Waals surface area contributed by atoms with Gasteiger partial charge in [0.05, 0.1) is 27.4 Å². The maximum absolute atomic E-state index is 12.9. The average molecular weight is 661 g/mol. The Hall–Kier alpha value is -4.28. The van der Waals surface area contributed by atoms with Crippen molar-refractivity contribution in [1.82, 2.24) is 9.29 Å². The lowest BCUT2D eigenvalue weighted by molar-refractivity contribution is -0.119. The molecule has 4 aromatic rings. The van der Waals surface area contributed by atoms with Crippen LogP contribution in [0.4, 0.5) is 0 Å². The second-order valence-electron chi connectivity index (χ2n) is 12.4. The molecule has 0 bridgehead atoms. The van der Waals surface area contributed by atoms with E-state index < -0.39 is 22.0 Å². The molecule has 9 nitrogen and oxygen atoms in total. The third-order valence-electron chi connectivity index (χ3n) is 9.09. The molecule has 5 rings (SSSR count). The summed E-state index contributed by atoms with van der Waals surface area (Å²) in [6, 6.07) is 18.9. The third-order valence-corrected chi connectivity index (χ3v) is 10.5. The van der Waals surface area contributed by atoms with Gasteiger partial charge in [-0.3, -0.25) is 4.79 Å². The van der Waals surface area contributed by atoms with Crippen molar-refractivity contribution in [1.29, 1.82) is 0 Å². The summed E-state index contributed by atoms with van der Waals surface area (Å²) in [5, 5.41) is 11.8. The molecule has 0 fully saturated rings. The number of carbonyl (C=O) groups excluding carboxylic acids is 1. The van der Waals surface area contributed by atoms with Crippen molar-refractivity contribution in [2.24, 2.45) is 11.8 Å². The molecule has 0 unspecified atom stereocenters. The van der Waals surface area contributed by atoms with Crippen LogP contribution in [0.25, 0.3) is 0 Å². The highest BCUT2D eigenvalue weighted by Crippen LogP contribution is 2.39. The van der Waals surface area contributed by atoms with Crippen LogP contribution in [0, 0.1) is 25.7 Å². The number of rotatable bonds is 14. The number of carbonyl (C=O) groups is 1. The lowest BCUT2D eigenvalue weighted by atomic mass is 9.85. The van der Waals surface area contributed by atoms with E-state index in [1.807, 2.05) is 49.0 Å². The fraction of sp³-hybridized carbons (Fsp3) is 0.378. The van der Waals surface area contributed by atoms with Crippen molar-refractivity contribution < 1.29 is 32.5 Å². The predicted octanol–water partition coefficient (Wildman–Crippen LogP) is 5.72. The number of fused-ring (bicyclic) bond motifs is 1. The number of hydrogen-bond donors (Lipinski definition) is 2. The zero-order valence-electron chi connectivity index (χ0n) is 27.7. The smallest absolute Gasteiger partial charge is 0.267 e. The number of aliphatic hydroxyl groups excluding tert-OH is 1. The number of aliphatic hydroxyl groups is 1. The molecule has 1 aromatic heterocycles. The SMILES string of the molecule is COc1cc(C)ccc1S(=O)(=O)NC(=O)CCc1ccn(C[C@@H](CC2Cc3ccccc3C2)[C@H](O)c2cc(OC)c(C)c(OC)c2)c1. The van der Waals surface area contributed by atoms with E-state index in [1.54, 1.807) is 26.4 Å². The van der Waals surface area contributed by atoms with E-state index in [9.17, 15) is 18.3 Å². The summed E-state index contributed by atoms with van der Waals surface area (Å²) in [6.45, 7) is 4.31. The number of aromatic nitrogens is 1. The summed E-state index contributed by atoms with van der Waals surface area (Å²) < 4.78 is 46.5. The number of hydrogen-bond acceptors (Lipinski definition) is 7. The van der Waals surface area contributed by atoms with Crippen molar-refractivity contribution >= 4 is 15.9 Å². The van der Waals surface area contributed by atoms with Gasteiger partial charge in [0.25, 0.3) is 10.0 Å². The van der Waals surface area contributed by atoms with Gasteiger partial charge in [-0.05, 0) is 104 Å². The molecule has 0 saturated carbocycles. The fourth-order valence-corrected chi connectivity index (χ4v) is 7.80. The third kappa shape index (κ3) is 8.00. The minimum absolute atomic E-state index is 0.00718. The Labute approximate surface area is 277 Å². The van der Waals surface area contributed by atoms with Gasteiger partial charge in [0.1, 0.15) is 22.1 Å². The summed E-state index contributed by atoms with van der Waals surface area (Å²) in [5.74, 6) is 1.18. The molecule has 0 aliphatic heterocycles. The van der Waals surface area contributed by atoms with Gasteiger partial charge in [-0.25, -0.2) is 13.1 Å². The van der Waals surface area contributed by atoms with E-state index in [4.69, 9.17) is 14.2 Å². The first-order valence-corrected chi connectivity index (χ1v) is 17.3. The van der Waals surface area contributed by atoms with Crippen LogP contribution >= 0.6 is 0 Å². The first-order valence-electron chi connectivity index (χ1n) is 15.8. The number of methoxy groups -OCH3 is 3. The maximum Gasteiger partial charge on any atom is 0.267 e. The summed E-state index contributed by atoms with van der Waals surface area (Å²) in [6.07, 6.45) is 6.24. The lowest BCUT2D eigenvalue weighted by Gasteiger charge is -2.27. The van der Waals surface area contributed by atoms with Crippen molar-refractivity contribution in [3.8, 4) is 17.2 Å². The minimum atomic E-state index is -4.09. The Kier molecular flexibility index (Phi) is 10.6. The van der Waals surface area contributed by atoms with Crippen LogP contribution in [-0.2, 0) is 40.6 Å². The molecular formula is C37H44N2O7S. The van der Waals surface area contributed by atoms with Crippen molar-refractivity contribution in [2.75, 3.05) is 21.3 Å². The molecule has 3 aromatic carbocycles. The van der Waals surface area contributed by atoms with Crippen LogP contribution < -0.4 is 18.9 Å². The quantitative estimate of drug-likeness (QED) is 0.178. The molecule has 250 valence electrons. The number of amides is 1. The van der Waals surface area contributed by atoms with Gasteiger partial charge in [-0.15, -0.1) is 0 Å². The topological polar surface area (TPSA) is 116 Å². The molecule has 1 aliphatic rings. The summed E-state index contributed by atoms with van der Waals surface area (Å²) >= 11 is 0. The fourth-order valence-electron chi connectivity index (χ4n) is 6.63. The van der Waals surface area contributed by atoms with Gasteiger partial charge in [-0.1, -0.05) is 30.3 Å². The average Bonchev–Trinajstić information content (AvgIpc) is 3.69. The summed E-state index contributed by atoms with van der Waals surface area (Å²) in [5.41, 5.74) is 6.09. The molecule has 0 spiro atoms. The lowest BCUT2D eigenvalue weighted by Crippen LogP contribution is -2.31. The number of ether oxygens (including phenoxy) is 3. The van der Waals surface area contributed by atoms with Gasteiger partial charge in [-0.2, -0.15) is 0 Å². The van der Waals surface area contributed by atoms with Gasteiger partial charge in [0, 0.05) is 36.8 Å². The Balaban J connectivity index is 1.29. The van der Waals surface area contributed by atoms with Crippen LogP contribution in [0.1, 0.15) is 52.3 Å². The zero-order chi connectivity index (χ0) is 33.7. The second kappa shape index (κ2) is 14.6.